The van der Waals surface area contributed by atoms with Gasteiger partial charge in [-0.2, -0.15) is 0 Å². The Morgan fingerprint density at radius 2 is 2.22 bits per heavy atom. The van der Waals surface area contributed by atoms with Crippen LogP contribution in [0.2, 0.25) is 0 Å². The highest BCUT2D eigenvalue weighted by Gasteiger charge is 2.26. The summed E-state index contributed by atoms with van der Waals surface area (Å²) in [6, 6.07) is 0.424. The van der Waals surface area contributed by atoms with Gasteiger partial charge in [0.25, 0.3) is 0 Å². The molecule has 18 heavy (non-hydrogen) atoms. The SMILES string of the molecule is CN1CCCC(N(C)C(=O)CC2CCCNC2)C1. The molecule has 1 amide bonds. The third-order valence-electron chi connectivity index (χ3n) is 4.40. The average molecular weight is 253 g/mol. The zero-order valence-electron chi connectivity index (χ0n) is 11.8. The van der Waals surface area contributed by atoms with Crippen molar-refractivity contribution in [1.82, 2.24) is 15.1 Å². The van der Waals surface area contributed by atoms with Gasteiger partial charge in [0.05, 0.1) is 0 Å². The number of nitrogens with one attached hydrogen (secondary N) is 1. The van der Waals surface area contributed by atoms with E-state index < -0.39 is 0 Å². The molecule has 104 valence electrons. The first-order chi connectivity index (χ1) is 8.66. The van der Waals surface area contributed by atoms with Gasteiger partial charge in [0.15, 0.2) is 0 Å². The molecule has 2 atom stereocenters. The normalized spacial score (nSPS) is 30.1. The Hall–Kier alpha value is -0.610. The summed E-state index contributed by atoms with van der Waals surface area (Å²) in [5, 5.41) is 3.39. The molecule has 2 rings (SSSR count). The predicted molar refractivity (Wildman–Crippen MR) is 73.5 cm³/mol. The van der Waals surface area contributed by atoms with E-state index in [-0.39, 0.29) is 0 Å². The molecule has 4 nitrogen and oxygen atoms in total. The summed E-state index contributed by atoms with van der Waals surface area (Å²) in [7, 11) is 4.14. The second-order valence-electron chi connectivity index (χ2n) is 5.98. The van der Waals surface area contributed by atoms with Crippen LogP contribution in [0.4, 0.5) is 0 Å². The zero-order valence-corrected chi connectivity index (χ0v) is 11.8. The number of likely N-dealkylation sites (tertiary alicyclic amines) is 1. The van der Waals surface area contributed by atoms with Crippen LogP contribution in [-0.4, -0.2) is 62.0 Å². The summed E-state index contributed by atoms with van der Waals surface area (Å²) in [4.78, 5) is 16.6. The molecule has 0 radical (unpaired) electrons. The molecule has 0 aliphatic carbocycles. The molecule has 2 heterocycles. The van der Waals surface area contributed by atoms with Crippen molar-refractivity contribution in [2.24, 2.45) is 5.92 Å². The van der Waals surface area contributed by atoms with E-state index in [0.29, 0.717) is 17.9 Å². The van der Waals surface area contributed by atoms with Crippen molar-refractivity contribution in [3.8, 4) is 0 Å². The van der Waals surface area contributed by atoms with Crippen LogP contribution in [0.3, 0.4) is 0 Å². The number of hydrogen-bond donors (Lipinski definition) is 1. The molecule has 2 fully saturated rings. The Morgan fingerprint density at radius 3 is 2.89 bits per heavy atom. The number of carbonyl (C=O) groups is 1. The molecular formula is C14H27N3O. The van der Waals surface area contributed by atoms with E-state index >= 15 is 0 Å². The van der Waals surface area contributed by atoms with Gasteiger partial charge in [-0.15, -0.1) is 0 Å². The van der Waals surface area contributed by atoms with Gasteiger partial charge in [0.1, 0.15) is 0 Å². The van der Waals surface area contributed by atoms with Crippen molar-refractivity contribution in [3.05, 3.63) is 0 Å². The molecule has 2 saturated heterocycles. The minimum absolute atomic E-state index is 0.337. The van der Waals surface area contributed by atoms with E-state index in [9.17, 15) is 4.79 Å². The predicted octanol–water partition coefficient (Wildman–Crippen LogP) is 0.929. The van der Waals surface area contributed by atoms with Crippen LogP contribution in [0.15, 0.2) is 0 Å². The fourth-order valence-electron chi connectivity index (χ4n) is 3.15. The van der Waals surface area contributed by atoms with E-state index in [4.69, 9.17) is 0 Å². The van der Waals surface area contributed by atoms with E-state index in [1.807, 2.05) is 11.9 Å². The standard InChI is InChI=1S/C14H27N3O/c1-16-8-4-6-13(11-16)17(2)14(18)9-12-5-3-7-15-10-12/h12-13,15H,3-11H2,1-2H3. The number of hydrogen-bond acceptors (Lipinski definition) is 3. The largest absolute Gasteiger partial charge is 0.341 e. The topological polar surface area (TPSA) is 35.6 Å². The molecule has 2 unspecified atom stereocenters. The number of nitrogens with zero attached hydrogens (tertiary/aromatic N) is 2. The lowest BCUT2D eigenvalue weighted by Gasteiger charge is -2.36. The number of rotatable bonds is 3. The Bertz CT molecular complexity index is 276. The average Bonchev–Trinajstić information content (AvgIpc) is 2.39. The smallest absolute Gasteiger partial charge is 0.222 e. The Balaban J connectivity index is 1.79. The van der Waals surface area contributed by atoms with Crippen molar-refractivity contribution in [3.63, 3.8) is 0 Å². The van der Waals surface area contributed by atoms with Crippen molar-refractivity contribution >= 4 is 5.91 Å². The molecule has 2 aliphatic heterocycles. The number of piperidine rings is 2. The zero-order chi connectivity index (χ0) is 13.0. The van der Waals surface area contributed by atoms with Gasteiger partial charge in [0.2, 0.25) is 5.91 Å². The Morgan fingerprint density at radius 1 is 1.39 bits per heavy atom. The van der Waals surface area contributed by atoms with E-state index in [1.54, 1.807) is 0 Å². The van der Waals surface area contributed by atoms with Crippen molar-refractivity contribution in [2.45, 2.75) is 38.1 Å². The van der Waals surface area contributed by atoms with E-state index in [2.05, 4.69) is 17.3 Å². The molecule has 0 aromatic rings. The third kappa shape index (κ3) is 3.69. The highest BCUT2D eigenvalue weighted by molar-refractivity contribution is 5.76. The summed E-state index contributed by atoms with van der Waals surface area (Å²) in [5.74, 6) is 0.888. The molecule has 0 aromatic carbocycles. The summed E-state index contributed by atoms with van der Waals surface area (Å²) >= 11 is 0. The van der Waals surface area contributed by atoms with Crippen LogP contribution in [0, 0.1) is 5.92 Å². The lowest BCUT2D eigenvalue weighted by molar-refractivity contribution is -0.134. The quantitative estimate of drug-likeness (QED) is 0.813. The highest BCUT2D eigenvalue weighted by Crippen LogP contribution is 2.18. The fraction of sp³-hybridized carbons (Fsp3) is 0.929. The molecule has 4 heteroatoms. The molecule has 0 bridgehead atoms. The Labute approximate surface area is 111 Å². The second kappa shape index (κ2) is 6.53. The van der Waals surface area contributed by atoms with Gasteiger partial charge in [-0.25, -0.2) is 0 Å². The van der Waals surface area contributed by atoms with Crippen LogP contribution in [0.1, 0.15) is 32.1 Å². The van der Waals surface area contributed by atoms with E-state index in [1.165, 1.54) is 25.8 Å². The summed E-state index contributed by atoms with van der Waals surface area (Å²) < 4.78 is 0. The minimum atomic E-state index is 0.337. The maximum absolute atomic E-state index is 12.3. The monoisotopic (exact) mass is 253 g/mol. The van der Waals surface area contributed by atoms with Crippen LogP contribution >= 0.6 is 0 Å². The minimum Gasteiger partial charge on any atom is -0.341 e. The van der Waals surface area contributed by atoms with E-state index in [0.717, 1.165) is 32.5 Å². The van der Waals surface area contributed by atoms with Crippen molar-refractivity contribution < 1.29 is 4.79 Å². The highest BCUT2D eigenvalue weighted by atomic mass is 16.2. The van der Waals surface area contributed by atoms with Gasteiger partial charge in [-0.3, -0.25) is 4.79 Å². The second-order valence-corrected chi connectivity index (χ2v) is 5.98. The first kappa shape index (κ1) is 13.8. The summed E-state index contributed by atoms with van der Waals surface area (Å²) in [6.07, 6.45) is 5.52. The van der Waals surface area contributed by atoms with Crippen LogP contribution < -0.4 is 5.32 Å². The van der Waals surface area contributed by atoms with Gasteiger partial charge in [-0.1, -0.05) is 0 Å². The molecule has 0 spiro atoms. The number of amides is 1. The molecule has 2 aliphatic rings. The van der Waals surface area contributed by atoms with Gasteiger partial charge >= 0.3 is 0 Å². The first-order valence-corrected chi connectivity index (χ1v) is 7.31. The van der Waals surface area contributed by atoms with Crippen molar-refractivity contribution in [1.29, 1.82) is 0 Å². The molecule has 0 aromatic heterocycles. The number of likely N-dealkylation sites (N-methyl/N-ethyl adjacent to an activating group) is 2. The summed E-state index contributed by atoms with van der Waals surface area (Å²) in [6.45, 7) is 4.34. The lowest BCUT2D eigenvalue weighted by atomic mass is 9.95. The van der Waals surface area contributed by atoms with Crippen LogP contribution in [-0.2, 0) is 4.79 Å². The molecule has 0 saturated carbocycles. The van der Waals surface area contributed by atoms with Crippen LogP contribution in [0.5, 0.6) is 0 Å². The maximum Gasteiger partial charge on any atom is 0.222 e. The molecular weight excluding hydrogens is 226 g/mol. The molecule has 1 N–H and O–H groups in total. The van der Waals surface area contributed by atoms with Gasteiger partial charge in [0, 0.05) is 26.1 Å². The van der Waals surface area contributed by atoms with Crippen molar-refractivity contribution in [2.75, 3.05) is 40.3 Å². The number of carbonyl (C=O) groups excluding carboxylic acids is 1. The Kier molecular flexibility index (Phi) is 5.01. The van der Waals surface area contributed by atoms with Gasteiger partial charge < -0.3 is 15.1 Å². The van der Waals surface area contributed by atoms with Gasteiger partial charge in [-0.05, 0) is 58.3 Å². The maximum atomic E-state index is 12.3. The summed E-state index contributed by atoms with van der Waals surface area (Å²) in [5.41, 5.74) is 0. The lowest BCUT2D eigenvalue weighted by Crippen LogP contribution is -2.48. The van der Waals surface area contributed by atoms with Crippen LogP contribution in [0.25, 0.3) is 0 Å². The fourth-order valence-corrected chi connectivity index (χ4v) is 3.15. The first-order valence-electron chi connectivity index (χ1n) is 7.31. The third-order valence-corrected chi connectivity index (χ3v) is 4.40.